The van der Waals surface area contributed by atoms with Gasteiger partial charge in [0, 0.05) is 18.8 Å². The van der Waals surface area contributed by atoms with Gasteiger partial charge in [0.15, 0.2) is 4.34 Å². The van der Waals surface area contributed by atoms with E-state index in [0.29, 0.717) is 0 Å². The molecule has 1 aliphatic heterocycles. The van der Waals surface area contributed by atoms with Crippen molar-refractivity contribution in [1.82, 2.24) is 10.2 Å². The van der Waals surface area contributed by atoms with E-state index in [1.165, 1.54) is 24.6 Å². The third-order valence-electron chi connectivity index (χ3n) is 4.44. The van der Waals surface area contributed by atoms with E-state index in [2.05, 4.69) is 26.5 Å². The van der Waals surface area contributed by atoms with Gasteiger partial charge in [0.25, 0.3) is 0 Å². The van der Waals surface area contributed by atoms with Crippen molar-refractivity contribution < 1.29 is 4.79 Å². The van der Waals surface area contributed by atoms with Gasteiger partial charge in [-0.05, 0) is 42.7 Å². The summed E-state index contributed by atoms with van der Waals surface area (Å²) in [6, 6.07) is 14.1. The van der Waals surface area contributed by atoms with Gasteiger partial charge in [0.2, 0.25) is 11.0 Å². The lowest BCUT2D eigenvalue weighted by Gasteiger charge is -2.12. The van der Waals surface area contributed by atoms with Gasteiger partial charge in [-0.15, -0.1) is 10.2 Å². The van der Waals surface area contributed by atoms with Crippen LogP contribution in [0.25, 0.3) is 10.8 Å². The average Bonchev–Trinajstić information content (AvgIpc) is 3.33. The molecule has 1 fully saturated rings. The van der Waals surface area contributed by atoms with Crippen LogP contribution in [0.5, 0.6) is 0 Å². The molecule has 1 saturated heterocycles. The fraction of sp³-hybridized carbons (Fsp3) is 0.316. The molecule has 0 unspecified atom stereocenters. The molecule has 0 bridgehead atoms. The van der Waals surface area contributed by atoms with Crippen molar-refractivity contribution in [3.05, 3.63) is 42.5 Å². The number of hydrogen-bond donors (Lipinski definition) is 1. The molecule has 2 heterocycles. The Morgan fingerprint density at radius 2 is 1.92 bits per heavy atom. The predicted octanol–water partition coefficient (Wildman–Crippen LogP) is 4.41. The van der Waals surface area contributed by atoms with E-state index in [0.717, 1.165) is 39.0 Å². The molecular formula is C19H20N4OS2. The second kappa shape index (κ2) is 7.63. The van der Waals surface area contributed by atoms with Gasteiger partial charge >= 0.3 is 0 Å². The van der Waals surface area contributed by atoms with Crippen molar-refractivity contribution in [2.45, 2.75) is 29.4 Å². The number of nitrogens with zero attached hydrogens (tertiary/aromatic N) is 3. The number of fused-ring (bicyclic) bond motifs is 1. The zero-order valence-corrected chi connectivity index (χ0v) is 16.1. The lowest BCUT2D eigenvalue weighted by Crippen LogP contribution is -2.22. The number of hydrogen-bond acceptors (Lipinski definition) is 6. The van der Waals surface area contributed by atoms with Crippen LogP contribution >= 0.6 is 23.1 Å². The minimum Gasteiger partial charge on any atom is -0.347 e. The van der Waals surface area contributed by atoms with E-state index in [9.17, 15) is 4.79 Å². The van der Waals surface area contributed by atoms with Crippen LogP contribution < -0.4 is 10.2 Å². The largest absolute Gasteiger partial charge is 0.347 e. The predicted molar refractivity (Wildman–Crippen MR) is 109 cm³/mol. The van der Waals surface area contributed by atoms with Crippen LogP contribution in [-0.2, 0) is 4.79 Å². The molecule has 7 heteroatoms. The Hall–Kier alpha value is -2.12. The van der Waals surface area contributed by atoms with E-state index < -0.39 is 0 Å². The highest BCUT2D eigenvalue weighted by Gasteiger charge is 2.20. The minimum absolute atomic E-state index is 0.0248. The van der Waals surface area contributed by atoms with Crippen molar-refractivity contribution in [1.29, 1.82) is 0 Å². The van der Waals surface area contributed by atoms with Crippen molar-refractivity contribution in [2.24, 2.45) is 0 Å². The van der Waals surface area contributed by atoms with Gasteiger partial charge in [-0.3, -0.25) is 4.79 Å². The summed E-state index contributed by atoms with van der Waals surface area (Å²) in [6.45, 7) is 4.01. The van der Waals surface area contributed by atoms with Crippen LogP contribution in [-0.4, -0.2) is 34.4 Å². The van der Waals surface area contributed by atoms with Crippen LogP contribution in [0.15, 0.2) is 46.8 Å². The van der Waals surface area contributed by atoms with E-state index in [1.54, 1.807) is 11.3 Å². The summed E-state index contributed by atoms with van der Waals surface area (Å²) in [5.74, 6) is -0.0248. The zero-order chi connectivity index (χ0) is 17.9. The Balaban J connectivity index is 1.39. The summed E-state index contributed by atoms with van der Waals surface area (Å²) in [7, 11) is 0. The molecule has 0 aliphatic carbocycles. The Labute approximate surface area is 160 Å². The summed E-state index contributed by atoms with van der Waals surface area (Å²) in [5, 5.41) is 14.5. The van der Waals surface area contributed by atoms with Crippen LogP contribution in [0.2, 0.25) is 0 Å². The topological polar surface area (TPSA) is 58.1 Å². The van der Waals surface area contributed by atoms with Crippen LogP contribution in [0.4, 0.5) is 10.8 Å². The molecule has 4 rings (SSSR count). The molecule has 5 nitrogen and oxygen atoms in total. The molecule has 3 aromatic rings. The normalized spacial score (nSPS) is 15.3. The molecule has 1 aliphatic rings. The van der Waals surface area contributed by atoms with Gasteiger partial charge < -0.3 is 10.2 Å². The number of nitrogens with one attached hydrogen (secondary N) is 1. The van der Waals surface area contributed by atoms with Crippen LogP contribution in [0.3, 0.4) is 0 Å². The fourth-order valence-electron chi connectivity index (χ4n) is 3.00. The lowest BCUT2D eigenvalue weighted by molar-refractivity contribution is -0.115. The highest BCUT2D eigenvalue weighted by Crippen LogP contribution is 2.32. The molecule has 2 aromatic carbocycles. The zero-order valence-electron chi connectivity index (χ0n) is 14.5. The number of aromatic nitrogens is 2. The third kappa shape index (κ3) is 3.83. The number of carbonyl (C=O) groups excluding carboxylic acids is 1. The van der Waals surface area contributed by atoms with Crippen molar-refractivity contribution in [2.75, 3.05) is 23.3 Å². The number of carbonyl (C=O) groups is 1. The standard InChI is InChI=1S/C19H20N4OS2/c1-13(25-19-22-21-18(26-19)23-10-4-5-11-23)17(24)20-16-9-8-14-6-2-3-7-15(14)12-16/h2-3,6-9,12-13H,4-5,10-11H2,1H3,(H,20,24)/t13-/m1/s1. The van der Waals surface area contributed by atoms with E-state index in [-0.39, 0.29) is 11.2 Å². The van der Waals surface area contributed by atoms with Crippen molar-refractivity contribution >= 4 is 50.6 Å². The minimum atomic E-state index is -0.235. The molecule has 1 amide bonds. The third-order valence-corrected chi connectivity index (χ3v) is 6.60. The maximum atomic E-state index is 12.5. The van der Waals surface area contributed by atoms with Gasteiger partial charge in [-0.25, -0.2) is 0 Å². The second-order valence-electron chi connectivity index (χ2n) is 6.36. The molecule has 1 aromatic heterocycles. The number of benzene rings is 2. The summed E-state index contributed by atoms with van der Waals surface area (Å²) in [6.07, 6.45) is 2.43. The Morgan fingerprint density at radius 3 is 2.73 bits per heavy atom. The maximum absolute atomic E-state index is 12.5. The molecule has 0 spiro atoms. The highest BCUT2D eigenvalue weighted by molar-refractivity contribution is 8.02. The van der Waals surface area contributed by atoms with Gasteiger partial charge in [0.1, 0.15) is 0 Å². The first-order chi connectivity index (χ1) is 12.7. The number of rotatable bonds is 5. The quantitative estimate of drug-likeness (QED) is 0.660. The molecular weight excluding hydrogens is 364 g/mol. The summed E-state index contributed by atoms with van der Waals surface area (Å²) < 4.78 is 0.841. The summed E-state index contributed by atoms with van der Waals surface area (Å²) >= 11 is 3.03. The first-order valence-electron chi connectivity index (χ1n) is 8.74. The number of thioether (sulfide) groups is 1. The Bertz CT molecular complexity index is 921. The maximum Gasteiger partial charge on any atom is 0.237 e. The van der Waals surface area contributed by atoms with Gasteiger partial charge in [-0.1, -0.05) is 53.4 Å². The van der Waals surface area contributed by atoms with Gasteiger partial charge in [0.05, 0.1) is 5.25 Å². The molecule has 1 atom stereocenters. The molecule has 26 heavy (non-hydrogen) atoms. The van der Waals surface area contributed by atoms with E-state index >= 15 is 0 Å². The highest BCUT2D eigenvalue weighted by atomic mass is 32.2. The summed E-state index contributed by atoms with van der Waals surface area (Å²) in [4.78, 5) is 14.8. The van der Waals surface area contributed by atoms with E-state index in [1.807, 2.05) is 43.3 Å². The van der Waals surface area contributed by atoms with E-state index in [4.69, 9.17) is 0 Å². The molecule has 1 N–H and O–H groups in total. The molecule has 134 valence electrons. The SMILES string of the molecule is C[C@@H](Sc1nnc(N2CCCC2)s1)C(=O)Nc1ccc2ccccc2c1. The van der Waals surface area contributed by atoms with Crippen molar-refractivity contribution in [3.8, 4) is 0 Å². The first-order valence-corrected chi connectivity index (χ1v) is 10.4. The monoisotopic (exact) mass is 384 g/mol. The van der Waals surface area contributed by atoms with Gasteiger partial charge in [-0.2, -0.15) is 0 Å². The Morgan fingerprint density at radius 1 is 1.15 bits per heavy atom. The molecule has 0 saturated carbocycles. The number of amides is 1. The first kappa shape index (κ1) is 17.3. The summed E-state index contributed by atoms with van der Waals surface area (Å²) in [5.41, 5.74) is 0.816. The molecule has 0 radical (unpaired) electrons. The second-order valence-corrected chi connectivity index (χ2v) is 8.90. The smallest absolute Gasteiger partial charge is 0.237 e. The van der Waals surface area contributed by atoms with Crippen LogP contribution in [0.1, 0.15) is 19.8 Å². The Kier molecular flexibility index (Phi) is 5.08. The average molecular weight is 385 g/mol. The van der Waals surface area contributed by atoms with Crippen LogP contribution in [0, 0.1) is 0 Å². The van der Waals surface area contributed by atoms with Crippen molar-refractivity contribution in [3.63, 3.8) is 0 Å². The lowest BCUT2D eigenvalue weighted by atomic mass is 10.1. The number of anilines is 2. The fourth-order valence-corrected chi connectivity index (χ4v) is 5.04.